The second-order valence-electron chi connectivity index (χ2n) is 8.45. The Morgan fingerprint density at radius 1 is 0.806 bits per heavy atom. The SMILES string of the molecule is COC(=O)CC(c1ccc(O)cc1)C1CC1.O=C(O)CC(c1ccc(O)cc1)C1CC1. The van der Waals surface area contributed by atoms with Crippen LogP contribution in [0.15, 0.2) is 48.5 Å². The van der Waals surface area contributed by atoms with Crippen LogP contribution < -0.4 is 0 Å². The fraction of sp³-hybridized carbons (Fsp3) is 0.440. The highest BCUT2D eigenvalue weighted by atomic mass is 16.5. The third-order valence-electron chi connectivity index (χ3n) is 6.03. The van der Waals surface area contributed by atoms with Crippen LogP contribution in [0.4, 0.5) is 0 Å². The lowest BCUT2D eigenvalue weighted by atomic mass is 9.91. The third-order valence-corrected chi connectivity index (χ3v) is 6.03. The maximum absolute atomic E-state index is 11.3. The minimum Gasteiger partial charge on any atom is -0.508 e. The van der Waals surface area contributed by atoms with Crippen molar-refractivity contribution in [2.75, 3.05) is 7.11 Å². The van der Waals surface area contributed by atoms with Gasteiger partial charge in [-0.2, -0.15) is 0 Å². The van der Waals surface area contributed by atoms with Gasteiger partial charge in [0.1, 0.15) is 11.5 Å². The molecular formula is C25H30O6. The smallest absolute Gasteiger partial charge is 0.306 e. The number of carboxylic acid groups (broad SMARTS) is 1. The first-order valence-corrected chi connectivity index (χ1v) is 10.7. The van der Waals surface area contributed by atoms with E-state index in [1.807, 2.05) is 24.3 Å². The zero-order valence-electron chi connectivity index (χ0n) is 17.7. The van der Waals surface area contributed by atoms with Crippen molar-refractivity contribution < 1.29 is 29.6 Å². The molecule has 2 aromatic rings. The maximum atomic E-state index is 11.3. The number of carbonyl (C=O) groups is 2. The molecule has 0 spiro atoms. The molecule has 31 heavy (non-hydrogen) atoms. The van der Waals surface area contributed by atoms with Gasteiger partial charge in [-0.25, -0.2) is 0 Å². The molecule has 2 aromatic carbocycles. The molecule has 6 nitrogen and oxygen atoms in total. The number of phenols is 2. The Labute approximate surface area is 182 Å². The molecule has 4 rings (SSSR count). The van der Waals surface area contributed by atoms with Crippen LogP contribution in [0.2, 0.25) is 0 Å². The maximum Gasteiger partial charge on any atom is 0.306 e. The van der Waals surface area contributed by atoms with E-state index in [0.717, 1.165) is 24.0 Å². The van der Waals surface area contributed by atoms with Crippen LogP contribution in [0.5, 0.6) is 11.5 Å². The predicted molar refractivity (Wildman–Crippen MR) is 116 cm³/mol. The van der Waals surface area contributed by atoms with Crippen LogP contribution >= 0.6 is 0 Å². The highest BCUT2D eigenvalue weighted by Gasteiger charge is 2.34. The Kier molecular flexibility index (Phi) is 7.55. The zero-order chi connectivity index (χ0) is 22.4. The third kappa shape index (κ3) is 7.02. The summed E-state index contributed by atoms with van der Waals surface area (Å²) in [6.07, 6.45) is 5.24. The van der Waals surface area contributed by atoms with E-state index in [1.54, 1.807) is 24.3 Å². The van der Waals surface area contributed by atoms with Crippen molar-refractivity contribution >= 4 is 11.9 Å². The second-order valence-corrected chi connectivity index (χ2v) is 8.45. The molecule has 0 radical (unpaired) electrons. The molecule has 2 atom stereocenters. The average molecular weight is 427 g/mol. The molecule has 0 saturated heterocycles. The fourth-order valence-corrected chi connectivity index (χ4v) is 4.00. The van der Waals surface area contributed by atoms with Crippen LogP contribution in [-0.2, 0) is 14.3 Å². The van der Waals surface area contributed by atoms with Crippen molar-refractivity contribution in [2.24, 2.45) is 11.8 Å². The van der Waals surface area contributed by atoms with E-state index >= 15 is 0 Å². The lowest BCUT2D eigenvalue weighted by Crippen LogP contribution is -2.10. The number of carboxylic acids is 1. The zero-order valence-corrected chi connectivity index (χ0v) is 17.7. The number of aliphatic carboxylic acids is 1. The second kappa shape index (κ2) is 10.3. The first-order chi connectivity index (χ1) is 14.9. The Balaban J connectivity index is 0.000000176. The van der Waals surface area contributed by atoms with Crippen LogP contribution in [0, 0.1) is 11.8 Å². The van der Waals surface area contributed by atoms with Crippen molar-refractivity contribution in [3.8, 4) is 11.5 Å². The van der Waals surface area contributed by atoms with Gasteiger partial charge in [-0.3, -0.25) is 9.59 Å². The van der Waals surface area contributed by atoms with E-state index < -0.39 is 5.97 Å². The van der Waals surface area contributed by atoms with E-state index in [9.17, 15) is 14.7 Å². The fourth-order valence-electron chi connectivity index (χ4n) is 4.00. The molecule has 0 aromatic heterocycles. The number of methoxy groups -OCH3 is 1. The highest BCUT2D eigenvalue weighted by Crippen LogP contribution is 2.45. The highest BCUT2D eigenvalue weighted by molar-refractivity contribution is 5.70. The Bertz CT molecular complexity index is 866. The summed E-state index contributed by atoms with van der Waals surface area (Å²) in [7, 11) is 1.42. The molecule has 166 valence electrons. The van der Waals surface area contributed by atoms with Gasteiger partial charge in [0.2, 0.25) is 0 Å². The molecule has 2 aliphatic carbocycles. The summed E-state index contributed by atoms with van der Waals surface area (Å²) in [6, 6.07) is 14.0. The van der Waals surface area contributed by atoms with Crippen LogP contribution in [0.1, 0.15) is 61.5 Å². The van der Waals surface area contributed by atoms with Crippen LogP contribution in [0.25, 0.3) is 0 Å². The molecule has 2 fully saturated rings. The number of benzene rings is 2. The van der Waals surface area contributed by atoms with Crippen molar-refractivity contribution in [1.29, 1.82) is 0 Å². The van der Waals surface area contributed by atoms with Crippen molar-refractivity contribution in [1.82, 2.24) is 0 Å². The van der Waals surface area contributed by atoms with Gasteiger partial charge in [0.15, 0.2) is 0 Å². The molecule has 0 aliphatic heterocycles. The minimum atomic E-state index is -0.750. The first-order valence-electron chi connectivity index (χ1n) is 10.7. The number of ether oxygens (including phenoxy) is 1. The van der Waals surface area contributed by atoms with E-state index in [2.05, 4.69) is 0 Å². The summed E-state index contributed by atoms with van der Waals surface area (Å²) in [5.41, 5.74) is 2.14. The topological polar surface area (TPSA) is 104 Å². The molecule has 0 amide bonds. The number of hydrogen-bond acceptors (Lipinski definition) is 5. The summed E-state index contributed by atoms with van der Waals surface area (Å²) >= 11 is 0. The Morgan fingerprint density at radius 3 is 1.52 bits per heavy atom. The van der Waals surface area contributed by atoms with E-state index in [1.165, 1.54) is 20.0 Å². The monoisotopic (exact) mass is 426 g/mol. The summed E-state index contributed by atoms with van der Waals surface area (Å²) < 4.78 is 4.72. The number of carbonyl (C=O) groups excluding carboxylic acids is 1. The van der Waals surface area contributed by atoms with E-state index in [4.69, 9.17) is 14.9 Å². The van der Waals surface area contributed by atoms with Gasteiger partial charge in [-0.15, -0.1) is 0 Å². The lowest BCUT2D eigenvalue weighted by molar-refractivity contribution is -0.141. The van der Waals surface area contributed by atoms with Gasteiger partial charge in [0.25, 0.3) is 0 Å². The van der Waals surface area contributed by atoms with Crippen molar-refractivity contribution in [2.45, 2.75) is 50.4 Å². The Morgan fingerprint density at radius 2 is 1.19 bits per heavy atom. The summed E-state index contributed by atoms with van der Waals surface area (Å²) in [5.74, 6) is 1.05. The Hall–Kier alpha value is -3.02. The minimum absolute atomic E-state index is 0.114. The van der Waals surface area contributed by atoms with Crippen LogP contribution in [0.3, 0.4) is 0 Å². The van der Waals surface area contributed by atoms with Gasteiger partial charge in [0.05, 0.1) is 20.0 Å². The number of phenolic OH excluding ortho intramolecular Hbond substituents is 2. The van der Waals surface area contributed by atoms with Gasteiger partial charge >= 0.3 is 11.9 Å². The van der Waals surface area contributed by atoms with Crippen molar-refractivity contribution in [3.05, 3.63) is 59.7 Å². The summed E-state index contributed by atoms with van der Waals surface area (Å²) in [6.45, 7) is 0. The van der Waals surface area contributed by atoms with Crippen molar-refractivity contribution in [3.63, 3.8) is 0 Å². The van der Waals surface area contributed by atoms with Crippen LogP contribution in [-0.4, -0.2) is 34.4 Å². The normalized spacial score (nSPS) is 17.1. The standard InChI is InChI=1S/C13H16O3.C12H14O3/c1-16-13(15)8-12(9-2-3-9)10-4-6-11(14)7-5-10;13-10-5-3-9(4-6-10)11(7-12(14)15)8-1-2-8/h4-7,9,12,14H,2-3,8H2,1H3;3-6,8,11,13H,1-2,7H2,(H,14,15). The van der Waals surface area contributed by atoms with E-state index in [-0.39, 0.29) is 35.7 Å². The quantitative estimate of drug-likeness (QED) is 0.523. The predicted octanol–water partition coefficient (Wildman–Crippen LogP) is 4.81. The molecule has 0 heterocycles. The molecule has 0 bridgehead atoms. The number of rotatable bonds is 8. The molecule has 2 aliphatic rings. The summed E-state index contributed by atoms with van der Waals surface area (Å²) in [4.78, 5) is 22.1. The van der Waals surface area contributed by atoms with Gasteiger partial charge < -0.3 is 20.1 Å². The van der Waals surface area contributed by atoms with Gasteiger partial charge in [-0.1, -0.05) is 24.3 Å². The first kappa shape index (κ1) is 22.7. The number of esters is 1. The molecule has 2 unspecified atom stereocenters. The average Bonchev–Trinajstić information content (AvgIpc) is 3.65. The largest absolute Gasteiger partial charge is 0.508 e. The van der Waals surface area contributed by atoms with Gasteiger partial charge in [-0.05, 0) is 84.7 Å². The molecule has 3 N–H and O–H groups in total. The lowest BCUT2D eigenvalue weighted by Gasteiger charge is -2.15. The number of hydrogen-bond donors (Lipinski definition) is 3. The summed E-state index contributed by atoms with van der Waals surface area (Å²) in [5, 5.41) is 27.2. The molecule has 6 heteroatoms. The van der Waals surface area contributed by atoms with Gasteiger partial charge in [0, 0.05) is 0 Å². The molecular weight excluding hydrogens is 396 g/mol. The number of aromatic hydroxyl groups is 2. The molecule has 2 saturated carbocycles. The van der Waals surface area contributed by atoms with E-state index in [0.29, 0.717) is 18.3 Å².